The third-order valence-corrected chi connectivity index (χ3v) is 5.04. The monoisotopic (exact) mass is 350 g/mol. The smallest absolute Gasteiger partial charge is 0.324 e. The number of non-ortho nitro benzene ring substituents is 1. The summed E-state index contributed by atoms with van der Waals surface area (Å²) in [5.74, 6) is -1.34. The van der Waals surface area contributed by atoms with E-state index in [9.17, 15) is 23.3 Å². The molecule has 0 saturated carbocycles. The lowest BCUT2D eigenvalue weighted by molar-refractivity contribution is -0.384. The van der Waals surface area contributed by atoms with E-state index >= 15 is 0 Å². The van der Waals surface area contributed by atoms with E-state index in [1.165, 1.54) is 43.3 Å². The molecule has 0 aliphatic heterocycles. The lowest BCUT2D eigenvalue weighted by Gasteiger charge is -2.24. The Hall–Kier alpha value is -2.94. The van der Waals surface area contributed by atoms with E-state index in [4.69, 9.17) is 5.11 Å². The van der Waals surface area contributed by atoms with E-state index < -0.39 is 27.5 Å². The highest BCUT2D eigenvalue weighted by atomic mass is 32.2. The van der Waals surface area contributed by atoms with Crippen molar-refractivity contribution in [3.8, 4) is 0 Å². The van der Waals surface area contributed by atoms with Crippen LogP contribution >= 0.6 is 0 Å². The normalized spacial score (nSPS) is 11.0. The van der Waals surface area contributed by atoms with Crippen LogP contribution in [0.25, 0.3) is 0 Å². The lowest BCUT2D eigenvalue weighted by Crippen LogP contribution is -2.36. The van der Waals surface area contributed by atoms with Crippen LogP contribution in [0.4, 0.5) is 11.4 Å². The molecule has 0 heterocycles. The van der Waals surface area contributed by atoms with Crippen molar-refractivity contribution in [3.63, 3.8) is 0 Å². The quantitative estimate of drug-likeness (QED) is 0.630. The summed E-state index contributed by atoms with van der Waals surface area (Å²) in [4.78, 5) is 21.3. The van der Waals surface area contributed by atoms with Gasteiger partial charge in [-0.1, -0.05) is 18.2 Å². The van der Waals surface area contributed by atoms with Crippen molar-refractivity contribution in [2.75, 3.05) is 10.8 Å². The van der Waals surface area contributed by atoms with Crippen LogP contribution in [-0.4, -0.2) is 31.0 Å². The molecule has 0 aromatic heterocycles. The number of sulfonamides is 1. The second kappa shape index (κ2) is 6.67. The first-order chi connectivity index (χ1) is 11.2. The number of benzene rings is 2. The Morgan fingerprint density at radius 2 is 1.83 bits per heavy atom. The molecule has 0 aliphatic carbocycles. The number of carbonyl (C=O) groups is 1. The van der Waals surface area contributed by atoms with Gasteiger partial charge in [0.15, 0.2) is 0 Å². The van der Waals surface area contributed by atoms with E-state index in [1.807, 2.05) is 0 Å². The zero-order valence-electron chi connectivity index (χ0n) is 12.6. The van der Waals surface area contributed by atoms with Gasteiger partial charge in [-0.3, -0.25) is 19.2 Å². The van der Waals surface area contributed by atoms with Gasteiger partial charge >= 0.3 is 5.97 Å². The summed E-state index contributed by atoms with van der Waals surface area (Å²) in [6, 6.07) is 11.0. The SMILES string of the molecule is Cc1cc([N+](=O)[O-])ccc1N(CC(=O)O)S(=O)(=O)c1ccccc1. The summed E-state index contributed by atoms with van der Waals surface area (Å²) in [6.45, 7) is 0.688. The van der Waals surface area contributed by atoms with Crippen molar-refractivity contribution in [2.45, 2.75) is 11.8 Å². The highest BCUT2D eigenvalue weighted by Gasteiger charge is 2.28. The van der Waals surface area contributed by atoms with E-state index in [2.05, 4.69) is 0 Å². The maximum atomic E-state index is 12.8. The maximum Gasteiger partial charge on any atom is 0.324 e. The first-order valence-electron chi connectivity index (χ1n) is 6.78. The van der Waals surface area contributed by atoms with Crippen LogP contribution in [0.5, 0.6) is 0 Å². The molecule has 2 aromatic carbocycles. The Morgan fingerprint density at radius 3 is 2.33 bits per heavy atom. The van der Waals surface area contributed by atoms with Crippen molar-refractivity contribution < 1.29 is 23.2 Å². The van der Waals surface area contributed by atoms with Gasteiger partial charge in [-0.05, 0) is 30.7 Å². The summed E-state index contributed by atoms with van der Waals surface area (Å²) >= 11 is 0. The number of rotatable bonds is 6. The molecule has 8 nitrogen and oxygen atoms in total. The molecule has 2 aromatic rings. The van der Waals surface area contributed by atoms with Crippen LogP contribution < -0.4 is 4.31 Å². The molecule has 0 fully saturated rings. The number of aryl methyl sites for hydroxylation is 1. The summed E-state index contributed by atoms with van der Waals surface area (Å²) in [7, 11) is -4.12. The molecule has 0 radical (unpaired) electrons. The fourth-order valence-corrected chi connectivity index (χ4v) is 3.67. The molecular weight excluding hydrogens is 336 g/mol. The average Bonchev–Trinajstić information content (AvgIpc) is 2.53. The molecule has 0 amide bonds. The number of hydrogen-bond donors (Lipinski definition) is 1. The Balaban J connectivity index is 2.58. The highest BCUT2D eigenvalue weighted by molar-refractivity contribution is 7.92. The number of aliphatic carboxylic acids is 1. The molecule has 126 valence electrons. The highest BCUT2D eigenvalue weighted by Crippen LogP contribution is 2.29. The zero-order valence-corrected chi connectivity index (χ0v) is 13.4. The Morgan fingerprint density at radius 1 is 1.21 bits per heavy atom. The number of nitro groups is 1. The van der Waals surface area contributed by atoms with E-state index in [-0.39, 0.29) is 21.8 Å². The molecule has 0 saturated heterocycles. The third kappa shape index (κ3) is 3.51. The van der Waals surface area contributed by atoms with Gasteiger partial charge in [0.25, 0.3) is 15.7 Å². The summed E-state index contributed by atoms with van der Waals surface area (Å²) in [5.41, 5.74) is 0.153. The van der Waals surface area contributed by atoms with Crippen LogP contribution in [0.1, 0.15) is 5.56 Å². The van der Waals surface area contributed by atoms with Crippen LogP contribution in [0.2, 0.25) is 0 Å². The van der Waals surface area contributed by atoms with Crippen molar-refractivity contribution in [3.05, 3.63) is 64.2 Å². The second-order valence-corrected chi connectivity index (χ2v) is 6.81. The fraction of sp³-hybridized carbons (Fsp3) is 0.133. The molecule has 1 N–H and O–H groups in total. The van der Waals surface area contributed by atoms with Gasteiger partial charge in [-0.25, -0.2) is 8.42 Å². The van der Waals surface area contributed by atoms with Gasteiger partial charge in [0.2, 0.25) is 0 Å². The van der Waals surface area contributed by atoms with Crippen molar-refractivity contribution >= 4 is 27.4 Å². The average molecular weight is 350 g/mol. The van der Waals surface area contributed by atoms with Gasteiger partial charge in [0, 0.05) is 12.1 Å². The topological polar surface area (TPSA) is 118 Å². The third-order valence-electron chi connectivity index (χ3n) is 3.27. The molecule has 9 heteroatoms. The fourth-order valence-electron chi connectivity index (χ4n) is 2.18. The van der Waals surface area contributed by atoms with Crippen LogP contribution in [0.3, 0.4) is 0 Å². The Labute approximate surface area is 138 Å². The van der Waals surface area contributed by atoms with Crippen molar-refractivity contribution in [1.29, 1.82) is 0 Å². The van der Waals surface area contributed by atoms with Gasteiger partial charge in [-0.15, -0.1) is 0 Å². The molecule has 0 bridgehead atoms. The lowest BCUT2D eigenvalue weighted by atomic mass is 10.2. The number of nitro benzene ring substituents is 1. The van der Waals surface area contributed by atoms with Crippen molar-refractivity contribution in [2.24, 2.45) is 0 Å². The predicted molar refractivity (Wildman–Crippen MR) is 86.4 cm³/mol. The van der Waals surface area contributed by atoms with Crippen LogP contribution in [-0.2, 0) is 14.8 Å². The van der Waals surface area contributed by atoms with Crippen molar-refractivity contribution in [1.82, 2.24) is 0 Å². The number of hydrogen-bond acceptors (Lipinski definition) is 5. The van der Waals surface area contributed by atoms with E-state index in [1.54, 1.807) is 6.07 Å². The summed E-state index contributed by atoms with van der Waals surface area (Å²) < 4.78 is 26.3. The number of anilines is 1. The Bertz CT molecular complexity index is 880. The molecule has 0 atom stereocenters. The van der Waals surface area contributed by atoms with Crippen LogP contribution in [0.15, 0.2) is 53.4 Å². The molecular formula is C15H14N2O6S. The number of carboxylic acids is 1. The minimum absolute atomic E-state index is 0.0657. The standard InChI is InChI=1S/C15H14N2O6S/c1-11-9-12(17(20)21)7-8-14(11)16(10-15(18)19)24(22,23)13-5-3-2-4-6-13/h2-9H,10H2,1H3,(H,18,19). The largest absolute Gasteiger partial charge is 0.480 e. The molecule has 0 aliphatic rings. The van der Waals surface area contributed by atoms with Crippen LogP contribution in [0, 0.1) is 17.0 Å². The molecule has 0 spiro atoms. The number of carboxylic acid groups (broad SMARTS) is 1. The predicted octanol–water partition coefficient (Wildman–Crippen LogP) is 2.18. The second-order valence-electron chi connectivity index (χ2n) is 4.95. The molecule has 24 heavy (non-hydrogen) atoms. The summed E-state index contributed by atoms with van der Waals surface area (Å²) in [6.07, 6.45) is 0. The van der Waals surface area contributed by atoms with Gasteiger partial charge in [0.05, 0.1) is 15.5 Å². The molecule has 2 rings (SSSR count). The van der Waals surface area contributed by atoms with Gasteiger partial charge in [0.1, 0.15) is 6.54 Å². The zero-order chi connectivity index (χ0) is 17.9. The minimum atomic E-state index is -4.12. The molecule has 0 unspecified atom stereocenters. The van der Waals surface area contributed by atoms with Gasteiger partial charge in [-0.2, -0.15) is 0 Å². The van der Waals surface area contributed by atoms with E-state index in [0.717, 1.165) is 10.4 Å². The summed E-state index contributed by atoms with van der Waals surface area (Å²) in [5, 5.41) is 19.9. The number of nitrogens with zero attached hydrogens (tertiary/aromatic N) is 2. The maximum absolute atomic E-state index is 12.8. The van der Waals surface area contributed by atoms with Gasteiger partial charge < -0.3 is 5.11 Å². The first kappa shape index (κ1) is 17.4. The van der Waals surface area contributed by atoms with E-state index in [0.29, 0.717) is 0 Å². The minimum Gasteiger partial charge on any atom is -0.480 e. The first-order valence-corrected chi connectivity index (χ1v) is 8.22. The Kier molecular flexibility index (Phi) is 4.84.